The van der Waals surface area contributed by atoms with Gasteiger partial charge in [0, 0.05) is 0 Å². The zero-order chi connectivity index (χ0) is 0. The fourth-order valence-corrected chi connectivity index (χ4v) is 0. The maximum Gasteiger partial charge on any atom is 3.00 e. The molecule has 0 saturated heterocycles. The van der Waals surface area contributed by atoms with Gasteiger partial charge in [0.1, 0.15) is 0 Å². The molecule has 0 amide bonds. The van der Waals surface area contributed by atoms with Crippen LogP contribution in [0.25, 0.3) is 18.5 Å². The summed E-state index contributed by atoms with van der Waals surface area (Å²) in [6.07, 6.45) is 0. The predicted molar refractivity (Wildman–Crippen MR) is 12.1 cm³/mol. The van der Waals surface area contributed by atoms with Crippen molar-refractivity contribution in [3.05, 3.63) is 18.5 Å². The van der Waals surface area contributed by atoms with Crippen LogP contribution in [0.1, 0.15) is 0 Å². The molecule has 0 fully saturated rings. The molecule has 0 unspecified atom stereocenters. The van der Waals surface area contributed by atoms with E-state index in [1.807, 2.05) is 0 Å². The summed E-state index contributed by atoms with van der Waals surface area (Å²) >= 11 is 0. The summed E-state index contributed by atoms with van der Waals surface area (Å²) in [4.78, 5) is 0. The Balaban J connectivity index is 0. The van der Waals surface area contributed by atoms with Gasteiger partial charge in [-0.1, -0.05) is 0 Å². The van der Waals surface area contributed by atoms with Crippen LogP contribution in [0.3, 0.4) is 0 Å². The molecule has 63 valence electrons. The van der Waals surface area contributed by atoms with Crippen LogP contribution in [0.2, 0.25) is 0 Å². The van der Waals surface area contributed by atoms with Crippen molar-refractivity contribution in [2.75, 3.05) is 0 Å². The van der Waals surface area contributed by atoms with Crippen LogP contribution in [0.4, 0.5) is 0 Å². The average Bonchev–Trinajstić information content (AvgIpc) is 0. The molecule has 11 heteroatoms. The van der Waals surface area contributed by atoms with Crippen LogP contribution in [-0.4, -0.2) is 0 Å². The standard InChI is InChI=1S/5Cr.3N.3O/q5*+3;3*-3;3*-2. The van der Waals surface area contributed by atoms with Crippen molar-refractivity contribution in [3.63, 3.8) is 0 Å². The topological polar surface area (TPSA) is 177 Å². The molecule has 0 aromatic heterocycles. The minimum Gasteiger partial charge on any atom is -3.00 e. The summed E-state index contributed by atoms with van der Waals surface area (Å²) in [6.45, 7) is 0. The molecule has 0 N–H and O–H groups in total. The third-order valence-electron chi connectivity index (χ3n) is 0. The van der Waals surface area contributed by atoms with Gasteiger partial charge in [0.25, 0.3) is 0 Å². The molecule has 0 aliphatic rings. The SMILES string of the molecule is [Cr+3].[Cr+3].[Cr+3].[Cr+3].[Cr+3].[N-3].[N-3].[N-3].[O-2].[O-2].[O-2]. The molecule has 0 spiro atoms. The van der Waals surface area contributed by atoms with E-state index >= 15 is 0 Å². The average molecular weight is 350 g/mol. The van der Waals surface area contributed by atoms with E-state index in [0.717, 1.165) is 0 Å². The van der Waals surface area contributed by atoms with E-state index in [9.17, 15) is 0 Å². The summed E-state index contributed by atoms with van der Waals surface area (Å²) in [6, 6.07) is 0. The Morgan fingerprint density at radius 2 is 0.273 bits per heavy atom. The van der Waals surface area contributed by atoms with Crippen molar-refractivity contribution < 1.29 is 103 Å². The summed E-state index contributed by atoms with van der Waals surface area (Å²) in [5.74, 6) is 0. The maximum atomic E-state index is 0. The summed E-state index contributed by atoms with van der Waals surface area (Å²) < 4.78 is 0. The van der Waals surface area contributed by atoms with E-state index in [2.05, 4.69) is 0 Å². The second-order valence-corrected chi connectivity index (χ2v) is 0. The summed E-state index contributed by atoms with van der Waals surface area (Å²) in [7, 11) is 0. The normalized spacial score (nSPS) is 0. The number of nitrogens with zero attached hydrogens (tertiary/aromatic N) is 3. The Morgan fingerprint density at radius 1 is 0.273 bits per heavy atom. The van der Waals surface area contributed by atoms with E-state index in [1.165, 1.54) is 0 Å². The molecule has 0 aliphatic heterocycles. The molecule has 0 aromatic rings. The van der Waals surface area contributed by atoms with Gasteiger partial charge in [-0.2, -0.15) is 0 Å². The Bertz CT molecular complexity index is 16.9. The zero-order valence-corrected chi connectivity index (χ0v) is 11.0. The molecule has 5 radical (unpaired) electrons. The molecule has 0 saturated carbocycles. The molecule has 0 rings (SSSR count). The number of hydrogen-bond acceptors (Lipinski definition) is 0. The Morgan fingerprint density at radius 3 is 0.273 bits per heavy atom. The minimum absolute atomic E-state index is 0. The molecule has 0 aromatic carbocycles. The molecular weight excluding hydrogens is 350 g/mol. The van der Waals surface area contributed by atoms with Gasteiger partial charge in [-0.3, -0.25) is 0 Å². The van der Waals surface area contributed by atoms with Gasteiger partial charge in [0.15, 0.2) is 0 Å². The molecule has 6 nitrogen and oxygen atoms in total. The molecule has 11 heavy (non-hydrogen) atoms. The van der Waals surface area contributed by atoms with Crippen molar-refractivity contribution in [2.45, 2.75) is 0 Å². The van der Waals surface area contributed by atoms with Gasteiger partial charge in [-0.05, 0) is 0 Å². The van der Waals surface area contributed by atoms with Crippen molar-refractivity contribution in [1.82, 2.24) is 0 Å². The molecule has 0 atom stereocenters. The Hall–Kier alpha value is 2.42. The first-order chi connectivity index (χ1) is 0. The van der Waals surface area contributed by atoms with Crippen LogP contribution in [-0.2, 0) is 103 Å². The van der Waals surface area contributed by atoms with E-state index in [4.69, 9.17) is 0 Å². The largest absolute Gasteiger partial charge is 3.00 e. The fourth-order valence-electron chi connectivity index (χ4n) is 0. The van der Waals surface area contributed by atoms with Gasteiger partial charge >= 0.3 is 86.8 Å². The van der Waals surface area contributed by atoms with E-state index < -0.39 is 0 Å². The van der Waals surface area contributed by atoms with E-state index in [1.54, 1.807) is 0 Å². The van der Waals surface area contributed by atoms with Crippen molar-refractivity contribution in [1.29, 1.82) is 0 Å². The van der Waals surface area contributed by atoms with Gasteiger partial charge in [0.05, 0.1) is 0 Å². The molecule has 0 aliphatic carbocycles. The monoisotopic (exact) mass is 350 g/mol. The van der Waals surface area contributed by atoms with Crippen LogP contribution in [0, 0.1) is 0 Å². The van der Waals surface area contributed by atoms with E-state index in [0.29, 0.717) is 0 Å². The first-order valence-electron chi connectivity index (χ1n) is 0. The maximum absolute atomic E-state index is 0. The van der Waals surface area contributed by atoms with Crippen molar-refractivity contribution in [3.8, 4) is 0 Å². The Kier molecular flexibility index (Phi) is 8860. The van der Waals surface area contributed by atoms with Crippen LogP contribution >= 0.6 is 0 Å². The third-order valence-corrected chi connectivity index (χ3v) is 0. The summed E-state index contributed by atoms with van der Waals surface area (Å²) in [5, 5.41) is 0. The second-order valence-electron chi connectivity index (χ2n) is 0. The first-order valence-corrected chi connectivity index (χ1v) is 0. The van der Waals surface area contributed by atoms with Crippen LogP contribution in [0.5, 0.6) is 0 Å². The predicted octanol–water partition coefficient (Wildman–Crippen LogP) is 0.497. The second kappa shape index (κ2) is 276. The summed E-state index contributed by atoms with van der Waals surface area (Å²) in [5.41, 5.74) is 0. The van der Waals surface area contributed by atoms with Gasteiger partial charge in [-0.25, -0.2) is 0 Å². The van der Waals surface area contributed by atoms with Crippen molar-refractivity contribution in [2.24, 2.45) is 0 Å². The Labute approximate surface area is 121 Å². The van der Waals surface area contributed by atoms with E-state index in [-0.39, 0.29) is 122 Å². The van der Waals surface area contributed by atoms with Gasteiger partial charge in [-0.15, -0.1) is 0 Å². The molecule has 0 heterocycles. The van der Waals surface area contributed by atoms with Crippen LogP contribution in [0.15, 0.2) is 0 Å². The van der Waals surface area contributed by atoms with Gasteiger partial charge in [0.2, 0.25) is 0 Å². The molecular formula is Cr5N3O3. The third kappa shape index (κ3) is 230. The quantitative estimate of drug-likeness (QED) is 0.591. The first kappa shape index (κ1) is 353. The molecule has 0 bridgehead atoms. The smallest absolute Gasteiger partial charge is 3.00 e. The minimum atomic E-state index is 0. The zero-order valence-electron chi connectivity index (χ0n) is 4.61. The van der Waals surface area contributed by atoms with Crippen LogP contribution < -0.4 is 0 Å². The number of hydrogen-bond donors (Lipinski definition) is 0. The fraction of sp³-hybridized carbons (Fsp3) is 0. The van der Waals surface area contributed by atoms with Crippen molar-refractivity contribution >= 4 is 0 Å². The number of rotatable bonds is 0. The van der Waals surface area contributed by atoms with Gasteiger partial charge < -0.3 is 34.9 Å².